The zero-order valence-electron chi connectivity index (χ0n) is 9.87. The van der Waals surface area contributed by atoms with Crippen LogP contribution in [0.4, 0.5) is 0 Å². The number of thioether (sulfide) groups is 3. The Kier molecular flexibility index (Phi) is 3.91. The Morgan fingerprint density at radius 1 is 1.61 bits per heavy atom. The smallest absolute Gasteiger partial charge is 0.354 e. The standard InChI is InChI=1S/C10H13NO4S3/c1-10(15)4-17-9(18-10)7(8(13)14)11-5(12)3-6(11)16-2/h6,15H,3-4H2,1-2H3,(H,13,14). The number of hydrogen-bond acceptors (Lipinski definition) is 6. The average Bonchev–Trinajstić information content (AvgIpc) is 2.61. The number of likely N-dealkylation sites (tertiary alicyclic amines) is 1. The monoisotopic (exact) mass is 307 g/mol. The van der Waals surface area contributed by atoms with E-state index < -0.39 is 10.9 Å². The van der Waals surface area contributed by atoms with Crippen molar-refractivity contribution in [3.8, 4) is 0 Å². The maximum atomic E-state index is 11.6. The van der Waals surface area contributed by atoms with E-state index in [1.54, 1.807) is 6.92 Å². The number of carboxylic acids is 1. The van der Waals surface area contributed by atoms with E-state index in [9.17, 15) is 19.8 Å². The summed E-state index contributed by atoms with van der Waals surface area (Å²) in [6.07, 6.45) is 2.22. The van der Waals surface area contributed by atoms with Gasteiger partial charge in [-0.05, 0) is 13.2 Å². The van der Waals surface area contributed by atoms with E-state index in [4.69, 9.17) is 0 Å². The van der Waals surface area contributed by atoms with Gasteiger partial charge in [-0.15, -0.1) is 23.5 Å². The van der Waals surface area contributed by atoms with Crippen LogP contribution in [0.15, 0.2) is 9.93 Å². The molecule has 0 radical (unpaired) electrons. The van der Waals surface area contributed by atoms with Crippen LogP contribution in [-0.4, -0.2) is 49.3 Å². The summed E-state index contributed by atoms with van der Waals surface area (Å²) < 4.78 is 0.514. The van der Waals surface area contributed by atoms with Crippen LogP contribution in [0.3, 0.4) is 0 Å². The van der Waals surface area contributed by atoms with Gasteiger partial charge >= 0.3 is 5.97 Å². The third kappa shape index (κ3) is 2.52. The molecule has 8 heteroatoms. The molecule has 5 nitrogen and oxygen atoms in total. The summed E-state index contributed by atoms with van der Waals surface area (Å²) in [4.78, 5) is 23.3. The van der Waals surface area contributed by atoms with Gasteiger partial charge in [-0.1, -0.05) is 11.8 Å². The van der Waals surface area contributed by atoms with E-state index in [2.05, 4.69) is 0 Å². The fourth-order valence-electron chi connectivity index (χ4n) is 1.71. The number of carbonyl (C=O) groups is 2. The van der Waals surface area contributed by atoms with Crippen LogP contribution in [0.25, 0.3) is 0 Å². The third-order valence-corrected chi connectivity index (χ3v) is 6.43. The molecule has 2 aliphatic rings. The lowest BCUT2D eigenvalue weighted by Crippen LogP contribution is -2.51. The molecule has 0 aromatic rings. The first-order valence-corrected chi connectivity index (χ1v) is 8.31. The molecule has 1 amide bonds. The van der Waals surface area contributed by atoms with E-state index in [0.29, 0.717) is 16.4 Å². The van der Waals surface area contributed by atoms with Crippen molar-refractivity contribution in [2.75, 3.05) is 12.0 Å². The highest BCUT2D eigenvalue weighted by atomic mass is 32.2. The molecule has 0 saturated carbocycles. The Labute approximate surface area is 117 Å². The Morgan fingerprint density at radius 3 is 2.67 bits per heavy atom. The summed E-state index contributed by atoms with van der Waals surface area (Å²) in [5, 5.41) is 19.1. The molecule has 2 fully saturated rings. The van der Waals surface area contributed by atoms with Crippen LogP contribution in [0.2, 0.25) is 0 Å². The van der Waals surface area contributed by atoms with Crippen LogP contribution >= 0.6 is 35.3 Å². The maximum Gasteiger partial charge on any atom is 0.354 e. The van der Waals surface area contributed by atoms with Crippen molar-refractivity contribution < 1.29 is 19.8 Å². The molecule has 2 rings (SSSR count). The van der Waals surface area contributed by atoms with Gasteiger partial charge < -0.3 is 10.2 Å². The van der Waals surface area contributed by atoms with E-state index in [0.717, 1.165) is 11.8 Å². The Hall–Kier alpha value is -0.310. The zero-order valence-corrected chi connectivity index (χ0v) is 12.3. The molecular weight excluding hydrogens is 294 g/mol. The average molecular weight is 307 g/mol. The first kappa shape index (κ1) is 14.1. The van der Waals surface area contributed by atoms with Crippen molar-refractivity contribution in [3.63, 3.8) is 0 Å². The Morgan fingerprint density at radius 2 is 2.28 bits per heavy atom. The van der Waals surface area contributed by atoms with Gasteiger partial charge in [-0.3, -0.25) is 9.69 Å². The molecule has 2 heterocycles. The molecule has 18 heavy (non-hydrogen) atoms. The minimum absolute atomic E-state index is 0.0124. The van der Waals surface area contributed by atoms with Gasteiger partial charge in [0.15, 0.2) is 5.70 Å². The first-order chi connectivity index (χ1) is 8.35. The predicted octanol–water partition coefficient (Wildman–Crippen LogP) is 1.35. The molecule has 2 unspecified atom stereocenters. The van der Waals surface area contributed by atoms with Crippen molar-refractivity contribution in [2.24, 2.45) is 0 Å². The number of amides is 1. The van der Waals surface area contributed by atoms with Crippen LogP contribution < -0.4 is 0 Å². The molecule has 0 aromatic heterocycles. The number of aliphatic hydroxyl groups is 1. The number of rotatable bonds is 3. The molecule has 2 saturated heterocycles. The number of aliphatic carboxylic acids is 1. The zero-order chi connectivity index (χ0) is 13.5. The normalized spacial score (nSPS) is 34.5. The lowest BCUT2D eigenvalue weighted by Gasteiger charge is -2.39. The van der Waals surface area contributed by atoms with Crippen molar-refractivity contribution in [3.05, 3.63) is 9.93 Å². The third-order valence-electron chi connectivity index (χ3n) is 2.60. The molecule has 0 aliphatic carbocycles. The van der Waals surface area contributed by atoms with Gasteiger partial charge in [-0.2, -0.15) is 0 Å². The molecule has 2 aliphatic heterocycles. The Bertz CT molecular complexity index is 435. The minimum atomic E-state index is -1.12. The topological polar surface area (TPSA) is 77.8 Å². The van der Waals surface area contributed by atoms with Gasteiger partial charge in [-0.25, -0.2) is 4.79 Å². The largest absolute Gasteiger partial charge is 0.477 e. The summed E-state index contributed by atoms with van der Waals surface area (Å²) in [6, 6.07) is 0. The van der Waals surface area contributed by atoms with Crippen molar-refractivity contribution >= 4 is 47.2 Å². The summed E-state index contributed by atoms with van der Waals surface area (Å²) in [7, 11) is 0. The van der Waals surface area contributed by atoms with Crippen LogP contribution in [0.1, 0.15) is 13.3 Å². The van der Waals surface area contributed by atoms with Gasteiger partial charge in [0.1, 0.15) is 4.93 Å². The highest BCUT2D eigenvalue weighted by molar-refractivity contribution is 8.26. The van der Waals surface area contributed by atoms with Crippen molar-refractivity contribution in [1.82, 2.24) is 4.90 Å². The van der Waals surface area contributed by atoms with Gasteiger partial charge in [0, 0.05) is 5.75 Å². The molecular formula is C10H13NO4S3. The van der Waals surface area contributed by atoms with Crippen LogP contribution in [-0.2, 0) is 9.59 Å². The lowest BCUT2D eigenvalue weighted by atomic mass is 10.2. The van der Waals surface area contributed by atoms with Gasteiger partial charge in [0.05, 0.1) is 16.0 Å². The van der Waals surface area contributed by atoms with E-state index >= 15 is 0 Å². The lowest BCUT2D eigenvalue weighted by molar-refractivity contribution is -0.145. The highest BCUT2D eigenvalue weighted by Gasteiger charge is 2.44. The summed E-state index contributed by atoms with van der Waals surface area (Å²) in [5.74, 6) is -0.864. The second kappa shape index (κ2) is 4.99. The van der Waals surface area contributed by atoms with Gasteiger partial charge in [0.2, 0.25) is 5.91 Å². The fourth-order valence-corrected chi connectivity index (χ4v) is 5.22. The number of hydrogen-bond donors (Lipinski definition) is 2. The fraction of sp³-hybridized carbons (Fsp3) is 0.600. The number of carboxylic acid groups (broad SMARTS) is 1. The van der Waals surface area contributed by atoms with Crippen molar-refractivity contribution in [1.29, 1.82) is 0 Å². The van der Waals surface area contributed by atoms with Crippen molar-refractivity contribution in [2.45, 2.75) is 23.7 Å². The quantitative estimate of drug-likeness (QED) is 0.602. The molecule has 100 valence electrons. The molecule has 0 bridgehead atoms. The maximum absolute atomic E-state index is 11.6. The number of nitrogens with zero attached hydrogens (tertiary/aromatic N) is 1. The summed E-state index contributed by atoms with van der Waals surface area (Å²) in [5.41, 5.74) is 0.0124. The summed E-state index contributed by atoms with van der Waals surface area (Å²) >= 11 is 3.85. The Balaban J connectivity index is 2.32. The van der Waals surface area contributed by atoms with Crippen LogP contribution in [0.5, 0.6) is 0 Å². The first-order valence-electron chi connectivity index (χ1n) is 5.22. The molecule has 2 atom stereocenters. The summed E-state index contributed by atoms with van der Waals surface area (Å²) in [6.45, 7) is 1.64. The highest BCUT2D eigenvalue weighted by Crippen LogP contribution is 2.50. The van der Waals surface area contributed by atoms with E-state index in [-0.39, 0.29) is 17.0 Å². The SMILES string of the molecule is CSC1CC(=O)N1C(C(=O)O)=C1SCC(C)(O)S1. The minimum Gasteiger partial charge on any atom is -0.477 e. The molecule has 0 aromatic carbocycles. The van der Waals surface area contributed by atoms with E-state index in [1.807, 2.05) is 6.26 Å². The second-order valence-electron chi connectivity index (χ2n) is 4.17. The predicted molar refractivity (Wildman–Crippen MR) is 74.1 cm³/mol. The second-order valence-corrected chi connectivity index (χ2v) is 7.92. The molecule has 0 spiro atoms. The number of β-lactam (4-membered cyclic amide) rings is 1. The van der Waals surface area contributed by atoms with Gasteiger partial charge in [0.25, 0.3) is 0 Å². The van der Waals surface area contributed by atoms with Crippen LogP contribution in [0, 0.1) is 0 Å². The van der Waals surface area contributed by atoms with E-state index in [1.165, 1.54) is 28.4 Å². The molecule has 2 N–H and O–H groups in total. The number of carbonyl (C=O) groups excluding carboxylic acids is 1.